The van der Waals surface area contributed by atoms with Gasteiger partial charge in [-0.2, -0.15) is 0 Å². The van der Waals surface area contributed by atoms with E-state index in [0.717, 1.165) is 59.5 Å². The van der Waals surface area contributed by atoms with E-state index in [-0.39, 0.29) is 17.7 Å². The molecule has 1 aromatic heterocycles. The van der Waals surface area contributed by atoms with E-state index in [1.165, 1.54) is 0 Å². The Morgan fingerprint density at radius 1 is 1.03 bits per heavy atom. The second-order valence-electron chi connectivity index (χ2n) is 10.5. The lowest BCUT2D eigenvalue weighted by molar-refractivity contribution is -0.130. The Morgan fingerprint density at radius 2 is 1.69 bits per heavy atom. The number of aromatic nitrogens is 2. The third-order valence-corrected chi connectivity index (χ3v) is 7.57. The molecular formula is C31H38N6O2. The van der Waals surface area contributed by atoms with Gasteiger partial charge in [0.05, 0.1) is 0 Å². The summed E-state index contributed by atoms with van der Waals surface area (Å²) in [7, 11) is 0. The smallest absolute Gasteiger partial charge is 0.247 e. The molecule has 0 spiro atoms. The summed E-state index contributed by atoms with van der Waals surface area (Å²) in [5, 5.41) is 13.8. The highest BCUT2D eigenvalue weighted by molar-refractivity contribution is 5.99. The van der Waals surface area contributed by atoms with Crippen LogP contribution in [-0.4, -0.2) is 40.1 Å². The quantitative estimate of drug-likeness (QED) is 0.303. The van der Waals surface area contributed by atoms with Gasteiger partial charge in [0.25, 0.3) is 0 Å². The Hall–Kier alpha value is -3.91. The molecule has 0 aliphatic heterocycles. The average Bonchev–Trinajstić information content (AvgIpc) is 2.93. The van der Waals surface area contributed by atoms with Gasteiger partial charge in [0, 0.05) is 41.2 Å². The number of nitrogens with one attached hydrogen (secondary N) is 3. The minimum Gasteiger partial charge on any atom is -0.344 e. The number of anilines is 1. The third-order valence-electron chi connectivity index (χ3n) is 7.57. The molecule has 1 aliphatic carbocycles. The number of aryl methyl sites for hydroxylation is 2. The van der Waals surface area contributed by atoms with E-state index in [0.29, 0.717) is 30.3 Å². The van der Waals surface area contributed by atoms with Crippen molar-refractivity contribution in [3.63, 3.8) is 0 Å². The number of carbonyl (C=O) groups excluding carboxylic acids is 2. The molecule has 1 saturated carbocycles. The highest BCUT2D eigenvalue weighted by Gasteiger charge is 2.29. The number of hydrogen-bond acceptors (Lipinski definition) is 6. The van der Waals surface area contributed by atoms with Crippen LogP contribution in [0.5, 0.6) is 0 Å². The first-order valence-corrected chi connectivity index (χ1v) is 13.6. The van der Waals surface area contributed by atoms with Gasteiger partial charge in [0.1, 0.15) is 11.9 Å². The molecule has 2 aromatic carbocycles. The number of hydrogen-bond donors (Lipinski definition) is 4. The van der Waals surface area contributed by atoms with E-state index in [4.69, 9.17) is 11.1 Å². The number of nitrogens with zero attached hydrogens (tertiary/aromatic N) is 2. The molecule has 0 bridgehead atoms. The van der Waals surface area contributed by atoms with Crippen LogP contribution in [0.4, 0.5) is 5.69 Å². The number of nitrogens with two attached hydrogens (primary N) is 1. The minimum absolute atomic E-state index is 0.0792. The van der Waals surface area contributed by atoms with E-state index in [9.17, 15) is 9.59 Å². The van der Waals surface area contributed by atoms with Gasteiger partial charge >= 0.3 is 0 Å². The highest BCUT2D eigenvalue weighted by Crippen LogP contribution is 2.28. The van der Waals surface area contributed by atoms with Crippen molar-refractivity contribution in [2.45, 2.75) is 58.9 Å². The fourth-order valence-corrected chi connectivity index (χ4v) is 5.11. The maximum atomic E-state index is 13.4. The fraction of sp³-hybridized carbons (Fsp3) is 0.387. The van der Waals surface area contributed by atoms with Gasteiger partial charge in [-0.25, -0.2) is 9.97 Å². The Labute approximate surface area is 230 Å². The lowest BCUT2D eigenvalue weighted by atomic mass is 9.81. The van der Waals surface area contributed by atoms with Crippen LogP contribution in [0.25, 0.3) is 11.1 Å². The Morgan fingerprint density at radius 3 is 2.28 bits per heavy atom. The summed E-state index contributed by atoms with van der Waals surface area (Å²) in [5.74, 6) is 0.748. The molecule has 1 atom stereocenters. The van der Waals surface area contributed by atoms with Gasteiger partial charge in [-0.15, -0.1) is 0 Å². The third kappa shape index (κ3) is 7.35. The predicted octanol–water partition coefficient (Wildman–Crippen LogP) is 4.58. The molecule has 1 aliphatic rings. The van der Waals surface area contributed by atoms with Crippen LogP contribution in [0.2, 0.25) is 0 Å². The maximum absolute atomic E-state index is 13.4. The van der Waals surface area contributed by atoms with Crippen molar-refractivity contribution in [3.8, 4) is 11.1 Å². The van der Waals surface area contributed by atoms with E-state index in [1.807, 2.05) is 44.3 Å². The zero-order chi connectivity index (χ0) is 27.9. The Balaban J connectivity index is 1.50. The molecule has 39 heavy (non-hydrogen) atoms. The summed E-state index contributed by atoms with van der Waals surface area (Å²) >= 11 is 0. The summed E-state index contributed by atoms with van der Waals surface area (Å²) < 4.78 is 0. The monoisotopic (exact) mass is 526 g/mol. The van der Waals surface area contributed by atoms with Crippen LogP contribution in [0.15, 0.2) is 54.7 Å². The maximum Gasteiger partial charge on any atom is 0.247 e. The normalized spacial score (nSPS) is 17.7. The number of rotatable bonds is 9. The Bertz CT molecular complexity index is 1310. The topological polar surface area (TPSA) is 134 Å². The van der Waals surface area contributed by atoms with Crippen LogP contribution in [0, 0.1) is 31.1 Å². The molecule has 8 nitrogen and oxygen atoms in total. The van der Waals surface area contributed by atoms with E-state index >= 15 is 0 Å². The molecule has 2 amide bonds. The molecule has 1 fully saturated rings. The van der Waals surface area contributed by atoms with Gasteiger partial charge in [0.2, 0.25) is 11.8 Å². The van der Waals surface area contributed by atoms with Gasteiger partial charge in [0.15, 0.2) is 0 Å². The van der Waals surface area contributed by atoms with Crippen LogP contribution >= 0.6 is 0 Å². The molecule has 4 rings (SSSR count). The molecular weight excluding hydrogens is 488 g/mol. The van der Waals surface area contributed by atoms with Gasteiger partial charge in [-0.1, -0.05) is 36.4 Å². The van der Waals surface area contributed by atoms with E-state index in [2.05, 4.69) is 20.6 Å². The number of benzene rings is 2. The van der Waals surface area contributed by atoms with Crippen LogP contribution in [0.3, 0.4) is 0 Å². The molecule has 0 unspecified atom stereocenters. The van der Waals surface area contributed by atoms with Gasteiger partial charge in [-0.3, -0.25) is 9.59 Å². The predicted molar refractivity (Wildman–Crippen MR) is 155 cm³/mol. The second-order valence-corrected chi connectivity index (χ2v) is 10.5. The first kappa shape index (κ1) is 28.1. The summed E-state index contributed by atoms with van der Waals surface area (Å²) in [6.45, 7) is 6.20. The van der Waals surface area contributed by atoms with Gasteiger partial charge in [-0.05, 0) is 87.7 Å². The summed E-state index contributed by atoms with van der Waals surface area (Å²) in [5.41, 5.74) is 11.5. The van der Waals surface area contributed by atoms with Crippen molar-refractivity contribution < 1.29 is 9.59 Å². The highest BCUT2D eigenvalue weighted by atomic mass is 16.2. The van der Waals surface area contributed by atoms with Crippen molar-refractivity contribution in [3.05, 3.63) is 77.4 Å². The van der Waals surface area contributed by atoms with Crippen LogP contribution < -0.4 is 16.4 Å². The molecule has 8 heteroatoms. The SMILES string of the molecule is CC(=N)c1ccc(NC(=O)[C@H](Cc2ccc(-c3cnc(C)nc3C)cc2)NC(=O)[C@H]2CC[C@H](CN)CC2)cc1. The molecule has 0 radical (unpaired) electrons. The molecule has 3 aromatic rings. The minimum atomic E-state index is -0.732. The number of amides is 2. The van der Waals surface area contributed by atoms with Crippen molar-refractivity contribution in [2.75, 3.05) is 11.9 Å². The van der Waals surface area contributed by atoms with E-state index in [1.54, 1.807) is 31.2 Å². The van der Waals surface area contributed by atoms with Gasteiger partial charge < -0.3 is 21.8 Å². The molecule has 0 saturated heterocycles. The zero-order valence-electron chi connectivity index (χ0n) is 23.0. The second kappa shape index (κ2) is 12.8. The van der Waals surface area contributed by atoms with Crippen molar-refractivity contribution in [1.29, 1.82) is 5.41 Å². The van der Waals surface area contributed by atoms with Crippen molar-refractivity contribution >= 4 is 23.2 Å². The standard InChI is InChI=1S/C31H38N6O2/c1-19(33)24-12-14-27(15-13-24)36-31(39)29(37-30(38)26-10-6-23(17-32)7-11-26)16-22-4-8-25(9-5-22)28-18-34-21(3)35-20(28)2/h4-5,8-9,12-15,18,23,26,29,33H,6-7,10-11,16-17,32H2,1-3H3,(H,36,39)(H,37,38)/t23-,26-,29-/m0/s1. The zero-order valence-corrected chi connectivity index (χ0v) is 23.0. The first-order chi connectivity index (χ1) is 18.7. The molecule has 204 valence electrons. The average molecular weight is 527 g/mol. The summed E-state index contributed by atoms with van der Waals surface area (Å²) in [6.07, 6.45) is 5.64. The first-order valence-electron chi connectivity index (χ1n) is 13.6. The molecule has 1 heterocycles. The van der Waals surface area contributed by atoms with Crippen molar-refractivity contribution in [2.24, 2.45) is 17.6 Å². The largest absolute Gasteiger partial charge is 0.344 e. The van der Waals surface area contributed by atoms with Crippen LogP contribution in [-0.2, 0) is 16.0 Å². The van der Waals surface area contributed by atoms with Crippen molar-refractivity contribution in [1.82, 2.24) is 15.3 Å². The fourth-order valence-electron chi connectivity index (χ4n) is 5.11. The Kier molecular flexibility index (Phi) is 9.19. The number of carbonyl (C=O) groups is 2. The van der Waals surface area contributed by atoms with Crippen LogP contribution in [0.1, 0.15) is 55.3 Å². The summed E-state index contributed by atoms with van der Waals surface area (Å²) in [6, 6.07) is 14.4. The lowest BCUT2D eigenvalue weighted by Crippen LogP contribution is -2.48. The summed E-state index contributed by atoms with van der Waals surface area (Å²) in [4.78, 5) is 35.4. The molecule has 5 N–H and O–H groups in total. The van der Waals surface area contributed by atoms with E-state index < -0.39 is 6.04 Å². The lowest BCUT2D eigenvalue weighted by Gasteiger charge is -2.28.